The van der Waals surface area contributed by atoms with Gasteiger partial charge in [0.15, 0.2) is 0 Å². The van der Waals surface area contributed by atoms with Gasteiger partial charge in [0.05, 0.1) is 13.2 Å². The molecule has 2 atom stereocenters. The molecule has 0 aromatic rings. The van der Waals surface area contributed by atoms with Crippen LogP contribution in [0.4, 0.5) is 4.39 Å². The molecule has 0 saturated carbocycles. The largest absolute Gasteiger partial charge is 0.394 e. The quantitative estimate of drug-likeness (QED) is 0.532. The van der Waals surface area contributed by atoms with Gasteiger partial charge in [0.2, 0.25) is 0 Å². The molecule has 1 N–H and O–H groups in total. The van der Waals surface area contributed by atoms with Crippen LogP contribution >= 0.6 is 0 Å². The van der Waals surface area contributed by atoms with Crippen molar-refractivity contribution in [2.75, 3.05) is 13.2 Å². The zero-order valence-electron chi connectivity index (χ0n) is 4.51. The first-order chi connectivity index (χ1) is 3.84. The van der Waals surface area contributed by atoms with E-state index in [1.54, 1.807) is 0 Å². The summed E-state index contributed by atoms with van der Waals surface area (Å²) >= 11 is 0. The summed E-state index contributed by atoms with van der Waals surface area (Å²) in [6, 6.07) is 0. The first kappa shape index (κ1) is 5.98. The Labute approximate surface area is 47.3 Å². The van der Waals surface area contributed by atoms with Gasteiger partial charge < -0.3 is 9.84 Å². The van der Waals surface area contributed by atoms with Crippen LogP contribution in [-0.4, -0.2) is 30.6 Å². The molecule has 0 radical (unpaired) electrons. The van der Waals surface area contributed by atoms with E-state index >= 15 is 0 Å². The average molecular weight is 120 g/mol. The fourth-order valence-electron chi connectivity index (χ4n) is 0.789. The lowest BCUT2D eigenvalue weighted by molar-refractivity contribution is 0.0305. The number of aliphatic hydroxyl groups is 1. The van der Waals surface area contributed by atoms with Crippen molar-refractivity contribution in [2.45, 2.75) is 18.7 Å². The summed E-state index contributed by atoms with van der Waals surface area (Å²) in [4.78, 5) is 0. The molecule has 0 amide bonds. The lowest BCUT2D eigenvalue weighted by atomic mass is 10.2. The van der Waals surface area contributed by atoms with Gasteiger partial charge in [-0.15, -0.1) is 0 Å². The highest BCUT2D eigenvalue weighted by Crippen LogP contribution is 2.15. The Morgan fingerprint density at radius 2 is 2.50 bits per heavy atom. The molecule has 1 fully saturated rings. The molecular formula is C5H9FO2. The molecule has 1 heterocycles. The standard InChI is InChI=1S/C5H9FO2/c6-4-1-2-8-5(4)3-7/h4-5,7H,1-3H2/t4-,5-/m1/s1. The SMILES string of the molecule is OC[C@H]1OCC[C@H]1F. The molecule has 1 aliphatic heterocycles. The van der Waals surface area contributed by atoms with Crippen molar-refractivity contribution < 1.29 is 14.2 Å². The Morgan fingerprint density at radius 1 is 1.75 bits per heavy atom. The number of ether oxygens (including phenoxy) is 1. The van der Waals surface area contributed by atoms with Crippen LogP contribution in [0.5, 0.6) is 0 Å². The highest BCUT2D eigenvalue weighted by Gasteiger charge is 2.26. The van der Waals surface area contributed by atoms with Gasteiger partial charge in [-0.3, -0.25) is 0 Å². The zero-order chi connectivity index (χ0) is 5.98. The minimum Gasteiger partial charge on any atom is -0.394 e. The molecule has 0 bridgehead atoms. The number of alkyl halides is 1. The molecule has 1 aliphatic rings. The fourth-order valence-corrected chi connectivity index (χ4v) is 0.789. The third kappa shape index (κ3) is 0.980. The van der Waals surface area contributed by atoms with Crippen molar-refractivity contribution in [1.29, 1.82) is 0 Å². The zero-order valence-corrected chi connectivity index (χ0v) is 4.51. The maximum absolute atomic E-state index is 12.3. The van der Waals surface area contributed by atoms with Crippen molar-refractivity contribution >= 4 is 0 Å². The van der Waals surface area contributed by atoms with Crippen LogP contribution in [-0.2, 0) is 4.74 Å². The van der Waals surface area contributed by atoms with E-state index in [4.69, 9.17) is 9.84 Å². The lowest BCUT2D eigenvalue weighted by Crippen LogP contribution is -2.20. The van der Waals surface area contributed by atoms with Crippen LogP contribution in [0, 0.1) is 0 Å². The molecule has 1 saturated heterocycles. The van der Waals surface area contributed by atoms with Crippen LogP contribution in [0.2, 0.25) is 0 Å². The van der Waals surface area contributed by atoms with Crippen LogP contribution in [0.1, 0.15) is 6.42 Å². The van der Waals surface area contributed by atoms with Crippen molar-refractivity contribution in [2.24, 2.45) is 0 Å². The Kier molecular flexibility index (Phi) is 1.81. The minimum absolute atomic E-state index is 0.193. The maximum atomic E-state index is 12.3. The maximum Gasteiger partial charge on any atom is 0.131 e. The third-order valence-electron chi connectivity index (χ3n) is 1.31. The second-order valence-corrected chi connectivity index (χ2v) is 1.90. The molecule has 8 heavy (non-hydrogen) atoms. The Bertz CT molecular complexity index is 76.8. The van der Waals surface area contributed by atoms with E-state index in [9.17, 15) is 4.39 Å². The van der Waals surface area contributed by atoms with E-state index < -0.39 is 12.3 Å². The predicted octanol–water partition coefficient (Wildman–Crippen LogP) is 0.106. The van der Waals surface area contributed by atoms with Gasteiger partial charge in [-0.2, -0.15) is 0 Å². The van der Waals surface area contributed by atoms with E-state index in [-0.39, 0.29) is 6.61 Å². The monoisotopic (exact) mass is 120 g/mol. The summed E-state index contributed by atoms with van der Waals surface area (Å²) in [6.07, 6.45) is -1.06. The predicted molar refractivity (Wildman–Crippen MR) is 26.3 cm³/mol. The summed E-state index contributed by atoms with van der Waals surface area (Å²) in [5.74, 6) is 0. The fraction of sp³-hybridized carbons (Fsp3) is 1.00. The summed E-state index contributed by atoms with van der Waals surface area (Å²) in [7, 11) is 0. The first-order valence-electron chi connectivity index (χ1n) is 2.71. The van der Waals surface area contributed by atoms with Crippen molar-refractivity contribution in [1.82, 2.24) is 0 Å². The van der Waals surface area contributed by atoms with Gasteiger partial charge in [-0.05, 0) is 0 Å². The second kappa shape index (κ2) is 2.42. The number of halogens is 1. The highest BCUT2D eigenvalue weighted by atomic mass is 19.1. The smallest absolute Gasteiger partial charge is 0.131 e. The van der Waals surface area contributed by atoms with E-state index in [1.807, 2.05) is 0 Å². The molecule has 0 aromatic heterocycles. The lowest BCUT2D eigenvalue weighted by Gasteiger charge is -2.05. The van der Waals surface area contributed by atoms with E-state index in [0.717, 1.165) is 0 Å². The molecule has 2 nitrogen and oxygen atoms in total. The first-order valence-corrected chi connectivity index (χ1v) is 2.71. The topological polar surface area (TPSA) is 29.5 Å². The molecular weight excluding hydrogens is 111 g/mol. The Hall–Kier alpha value is -0.150. The van der Waals surface area contributed by atoms with Gasteiger partial charge >= 0.3 is 0 Å². The summed E-state index contributed by atoms with van der Waals surface area (Å²) in [6.45, 7) is 0.258. The van der Waals surface area contributed by atoms with Crippen LogP contribution in [0.15, 0.2) is 0 Å². The van der Waals surface area contributed by atoms with Gasteiger partial charge in [0.1, 0.15) is 12.3 Å². The Morgan fingerprint density at radius 3 is 2.75 bits per heavy atom. The second-order valence-electron chi connectivity index (χ2n) is 1.90. The highest BCUT2D eigenvalue weighted by molar-refractivity contribution is 4.73. The molecule has 48 valence electrons. The number of rotatable bonds is 1. The summed E-state index contributed by atoms with van der Waals surface area (Å²) in [5, 5.41) is 8.37. The number of hydrogen-bond donors (Lipinski definition) is 1. The van der Waals surface area contributed by atoms with Gasteiger partial charge in [0.25, 0.3) is 0 Å². The average Bonchev–Trinajstić information content (AvgIpc) is 2.14. The minimum atomic E-state index is -0.944. The van der Waals surface area contributed by atoms with E-state index in [1.165, 1.54) is 0 Å². The Balaban J connectivity index is 2.30. The summed E-state index contributed by atoms with van der Waals surface area (Å²) < 4.78 is 17.1. The molecule has 1 rings (SSSR count). The van der Waals surface area contributed by atoms with E-state index in [2.05, 4.69) is 0 Å². The number of hydrogen-bond acceptors (Lipinski definition) is 2. The molecule has 0 spiro atoms. The molecule has 3 heteroatoms. The van der Waals surface area contributed by atoms with Crippen molar-refractivity contribution in [3.63, 3.8) is 0 Å². The molecule has 0 unspecified atom stereocenters. The molecule has 0 aromatic carbocycles. The third-order valence-corrected chi connectivity index (χ3v) is 1.31. The van der Waals surface area contributed by atoms with Crippen LogP contribution < -0.4 is 0 Å². The number of aliphatic hydroxyl groups excluding tert-OH is 1. The van der Waals surface area contributed by atoms with Crippen LogP contribution in [0.25, 0.3) is 0 Å². The van der Waals surface area contributed by atoms with E-state index in [0.29, 0.717) is 13.0 Å². The molecule has 0 aliphatic carbocycles. The van der Waals surface area contributed by atoms with Crippen molar-refractivity contribution in [3.05, 3.63) is 0 Å². The van der Waals surface area contributed by atoms with Gasteiger partial charge in [-0.25, -0.2) is 4.39 Å². The summed E-state index contributed by atoms with van der Waals surface area (Å²) in [5.41, 5.74) is 0. The van der Waals surface area contributed by atoms with Gasteiger partial charge in [0, 0.05) is 6.42 Å². The van der Waals surface area contributed by atoms with Crippen LogP contribution in [0.3, 0.4) is 0 Å². The normalized spacial score (nSPS) is 38.2. The van der Waals surface area contributed by atoms with Gasteiger partial charge in [-0.1, -0.05) is 0 Å². The van der Waals surface area contributed by atoms with Crippen molar-refractivity contribution in [3.8, 4) is 0 Å².